The molecule has 13 heavy (non-hydrogen) atoms. The van der Waals surface area contributed by atoms with Gasteiger partial charge >= 0.3 is 6.13 Å². The van der Waals surface area contributed by atoms with Gasteiger partial charge in [0.1, 0.15) is 18.0 Å². The predicted molar refractivity (Wildman–Crippen MR) is 70.4 cm³/mol. The van der Waals surface area contributed by atoms with E-state index < -0.39 is 6.13 Å². The van der Waals surface area contributed by atoms with E-state index >= 15 is 0 Å². The van der Waals surface area contributed by atoms with Crippen LogP contribution >= 0.6 is 34.8 Å². The maximum absolute atomic E-state index is 5.31. The van der Waals surface area contributed by atoms with Crippen LogP contribution in [0.5, 0.6) is 0 Å². The van der Waals surface area contributed by atoms with E-state index in [4.69, 9.17) is 28.1 Å². The Hall–Kier alpha value is 2.80. The van der Waals surface area contributed by atoms with Crippen LogP contribution in [0.15, 0.2) is 0 Å². The molecule has 0 rings (SSSR count). The molecule has 3 atom stereocenters. The van der Waals surface area contributed by atoms with Crippen molar-refractivity contribution in [3.05, 3.63) is 6.61 Å². The summed E-state index contributed by atoms with van der Waals surface area (Å²) in [5.41, 5.74) is 0. The van der Waals surface area contributed by atoms with Crippen molar-refractivity contribution in [2.24, 2.45) is 0 Å². The Kier molecular flexibility index (Phi) is 15.8. The third-order valence-corrected chi connectivity index (χ3v) is 7.55. The molecule has 1 radical (unpaired) electrons. The van der Waals surface area contributed by atoms with Crippen LogP contribution in [0.2, 0.25) is 0 Å². The van der Waals surface area contributed by atoms with Crippen molar-refractivity contribution in [1.29, 1.82) is 0 Å². The molecular formula is C5H11OP2S4Y+. The standard InChI is InChI=1S/C5H11OP2S4.Y/c1-5(12-7(2)9)4-6-8(10)11-3;/h4-5H,1-3H3;/q+1;. The van der Waals surface area contributed by atoms with Crippen LogP contribution < -0.4 is 0 Å². The van der Waals surface area contributed by atoms with Gasteiger partial charge in [-0.1, -0.05) is 6.92 Å². The quantitative estimate of drug-likeness (QED) is 0.519. The number of rotatable bonds is 6. The van der Waals surface area contributed by atoms with E-state index in [0.717, 1.165) is 0 Å². The SMILES string of the molecule is CS[P+](=S)O[CH-]C(C)S[P+](C)=S.[Y]. The molecule has 8 heteroatoms. The van der Waals surface area contributed by atoms with Crippen LogP contribution in [0.3, 0.4) is 0 Å². The van der Waals surface area contributed by atoms with Crippen molar-refractivity contribution in [3.8, 4) is 0 Å². The summed E-state index contributed by atoms with van der Waals surface area (Å²) in [6, 6.07) is 0. The van der Waals surface area contributed by atoms with Gasteiger partial charge in [-0.25, -0.2) is 0 Å². The Morgan fingerprint density at radius 1 is 1.46 bits per heavy atom. The average molecular weight is 366 g/mol. The first-order chi connectivity index (χ1) is 5.56. The second-order valence-electron chi connectivity index (χ2n) is 1.90. The molecule has 0 aliphatic rings. The van der Waals surface area contributed by atoms with Crippen molar-refractivity contribution >= 4 is 58.4 Å². The van der Waals surface area contributed by atoms with Crippen LogP contribution in [-0.2, 0) is 60.8 Å². The van der Waals surface area contributed by atoms with Gasteiger partial charge < -0.3 is 4.52 Å². The number of hydrogen-bond donors (Lipinski definition) is 0. The summed E-state index contributed by atoms with van der Waals surface area (Å²) in [7, 11) is 0. The van der Waals surface area contributed by atoms with E-state index in [9.17, 15) is 0 Å². The second kappa shape index (κ2) is 11.3. The molecule has 3 unspecified atom stereocenters. The van der Waals surface area contributed by atoms with E-state index in [0.29, 0.717) is 5.25 Å². The minimum atomic E-state index is -0.732. The monoisotopic (exact) mass is 366 g/mol. The van der Waals surface area contributed by atoms with Gasteiger partial charge in [-0.3, -0.25) is 0 Å². The Morgan fingerprint density at radius 2 is 2.00 bits per heavy atom. The predicted octanol–water partition coefficient (Wildman–Crippen LogP) is 3.91. The first kappa shape index (κ1) is 18.2. The van der Waals surface area contributed by atoms with Crippen LogP contribution in [0.4, 0.5) is 0 Å². The Morgan fingerprint density at radius 3 is 2.38 bits per heavy atom. The van der Waals surface area contributed by atoms with E-state index in [1.165, 1.54) is 0 Å². The molecule has 0 heterocycles. The molecule has 0 aliphatic heterocycles. The molecule has 0 N–H and O–H groups in total. The van der Waals surface area contributed by atoms with Crippen molar-refractivity contribution in [2.75, 3.05) is 12.9 Å². The first-order valence-electron chi connectivity index (χ1n) is 3.15. The molecular weight excluding hydrogens is 355 g/mol. The fourth-order valence-corrected chi connectivity index (χ4v) is 4.79. The second-order valence-corrected chi connectivity index (χ2v) is 13.1. The fraction of sp³-hybridized carbons (Fsp3) is 0.800. The van der Waals surface area contributed by atoms with E-state index in [-0.39, 0.29) is 38.6 Å². The van der Waals surface area contributed by atoms with E-state index in [2.05, 4.69) is 13.6 Å². The molecule has 0 spiro atoms. The Balaban J connectivity index is 0. The molecule has 0 aliphatic carbocycles. The molecule has 0 saturated carbocycles. The summed E-state index contributed by atoms with van der Waals surface area (Å²) in [5.74, 6) is -0.320. The third-order valence-electron chi connectivity index (χ3n) is 0.802. The molecule has 0 saturated heterocycles. The van der Waals surface area contributed by atoms with Crippen molar-refractivity contribution in [2.45, 2.75) is 12.2 Å². The molecule has 1 nitrogen and oxygen atoms in total. The smallest absolute Gasteiger partial charge is 0.331 e. The van der Waals surface area contributed by atoms with Gasteiger partial charge in [0.2, 0.25) is 17.7 Å². The molecule has 0 amide bonds. The molecule has 0 aromatic heterocycles. The van der Waals surface area contributed by atoms with Crippen LogP contribution in [-0.4, -0.2) is 18.2 Å². The van der Waals surface area contributed by atoms with Crippen LogP contribution in [0, 0.1) is 6.61 Å². The van der Waals surface area contributed by atoms with Gasteiger partial charge in [0.25, 0.3) is 0 Å². The van der Waals surface area contributed by atoms with Crippen LogP contribution in [0.1, 0.15) is 6.92 Å². The van der Waals surface area contributed by atoms with Gasteiger partial charge in [-0.05, 0) is 5.25 Å². The zero-order valence-corrected chi connectivity index (χ0v) is 15.6. The molecule has 0 fully saturated rings. The zero-order chi connectivity index (χ0) is 9.56. The molecule has 73 valence electrons. The van der Waals surface area contributed by atoms with Gasteiger partial charge in [-0.15, -0.1) is 6.61 Å². The summed E-state index contributed by atoms with van der Waals surface area (Å²) in [6.07, 6.45) is 1.23. The van der Waals surface area contributed by atoms with Gasteiger partial charge in [0.15, 0.2) is 11.8 Å². The maximum atomic E-state index is 5.31. The van der Waals surface area contributed by atoms with E-state index in [1.54, 1.807) is 22.8 Å². The normalized spacial score (nSPS) is 14.4. The first-order valence-corrected chi connectivity index (χ1v) is 11.5. The summed E-state index contributed by atoms with van der Waals surface area (Å²) >= 11 is 13.4. The summed E-state index contributed by atoms with van der Waals surface area (Å²) in [6.45, 7) is 5.95. The minimum absolute atomic E-state index is 0. The zero-order valence-electron chi connectivity index (χ0n) is 7.67. The topological polar surface area (TPSA) is 9.23 Å². The van der Waals surface area contributed by atoms with E-state index in [1.807, 2.05) is 12.9 Å². The largest absolute Gasteiger partial charge is 0.380 e. The van der Waals surface area contributed by atoms with Crippen molar-refractivity contribution in [3.63, 3.8) is 0 Å². The Bertz CT molecular complexity index is 180. The van der Waals surface area contributed by atoms with Crippen LogP contribution in [0.25, 0.3) is 0 Å². The summed E-state index contributed by atoms with van der Waals surface area (Å²) in [4.78, 5) is 0. The Labute approximate surface area is 126 Å². The summed E-state index contributed by atoms with van der Waals surface area (Å²) < 4.78 is 5.31. The molecule has 0 aromatic carbocycles. The van der Waals surface area contributed by atoms with Gasteiger partial charge in [0.05, 0.1) is 11.4 Å². The number of hydrogen-bond acceptors (Lipinski definition) is 5. The van der Waals surface area contributed by atoms with Gasteiger partial charge in [-0.2, -0.15) is 0 Å². The summed E-state index contributed by atoms with van der Waals surface area (Å²) in [5, 5.41) is 0.360. The molecule has 0 bridgehead atoms. The fourth-order valence-electron chi connectivity index (χ4n) is 0.437. The molecule has 0 aromatic rings. The van der Waals surface area contributed by atoms with Crippen molar-refractivity contribution < 1.29 is 37.2 Å². The van der Waals surface area contributed by atoms with Crippen molar-refractivity contribution in [1.82, 2.24) is 0 Å². The maximum Gasteiger partial charge on any atom is 0.380 e. The average Bonchev–Trinajstić information content (AvgIpc) is 1.99. The van der Waals surface area contributed by atoms with Gasteiger partial charge in [0, 0.05) is 39.0 Å². The third kappa shape index (κ3) is 12.7. The minimum Gasteiger partial charge on any atom is -0.331 e.